The zero-order chi connectivity index (χ0) is 15.9. The average molecular weight is 308 g/mol. The Hall–Kier alpha value is -2.48. The van der Waals surface area contributed by atoms with Crippen molar-refractivity contribution >= 4 is 6.03 Å². The third kappa shape index (κ3) is 4.26. The molecule has 0 spiro atoms. The van der Waals surface area contributed by atoms with Crippen molar-refractivity contribution in [3.63, 3.8) is 0 Å². The van der Waals surface area contributed by atoms with Crippen LogP contribution in [0.5, 0.6) is 0 Å². The minimum Gasteiger partial charge on any atom is -0.394 e. The van der Waals surface area contributed by atoms with Crippen LogP contribution in [0.25, 0.3) is 0 Å². The van der Waals surface area contributed by atoms with Crippen molar-refractivity contribution < 1.29 is 18.8 Å². The van der Waals surface area contributed by atoms with Gasteiger partial charge in [-0.05, 0) is 17.7 Å². The van der Waals surface area contributed by atoms with Crippen LogP contribution in [0, 0.1) is 5.82 Å². The third-order valence-corrected chi connectivity index (χ3v) is 2.99. The maximum Gasteiger partial charge on any atom is 0.315 e. The summed E-state index contributed by atoms with van der Waals surface area (Å²) >= 11 is 0. The first-order valence-electron chi connectivity index (χ1n) is 6.84. The lowest BCUT2D eigenvalue weighted by atomic mass is 10.1. The van der Waals surface area contributed by atoms with E-state index in [0.717, 1.165) is 0 Å². The van der Waals surface area contributed by atoms with E-state index < -0.39 is 12.1 Å². The molecule has 1 atom stereocenters. The summed E-state index contributed by atoms with van der Waals surface area (Å²) in [5, 5.41) is 18.2. The van der Waals surface area contributed by atoms with Gasteiger partial charge in [-0.1, -0.05) is 24.2 Å². The van der Waals surface area contributed by atoms with Crippen LogP contribution in [0.4, 0.5) is 9.18 Å². The Kier molecular flexibility index (Phi) is 5.42. The fourth-order valence-electron chi connectivity index (χ4n) is 1.80. The number of rotatable bonds is 6. The fourth-order valence-corrected chi connectivity index (χ4v) is 1.80. The van der Waals surface area contributed by atoms with E-state index in [2.05, 4.69) is 20.8 Å². The molecular weight excluding hydrogens is 291 g/mol. The zero-order valence-corrected chi connectivity index (χ0v) is 12.0. The smallest absolute Gasteiger partial charge is 0.315 e. The quantitative estimate of drug-likeness (QED) is 0.747. The SMILES string of the molecule is CCc1noc(CNC(=O)N[C@H](CO)c2ccc(F)cc2)n1. The van der Waals surface area contributed by atoms with E-state index in [4.69, 9.17) is 4.52 Å². The number of hydrogen-bond acceptors (Lipinski definition) is 5. The second-order valence-electron chi connectivity index (χ2n) is 4.57. The second-order valence-corrected chi connectivity index (χ2v) is 4.57. The predicted molar refractivity (Wildman–Crippen MR) is 75.3 cm³/mol. The van der Waals surface area contributed by atoms with Gasteiger partial charge in [0.2, 0.25) is 5.89 Å². The van der Waals surface area contributed by atoms with Crippen molar-refractivity contribution in [2.45, 2.75) is 25.9 Å². The lowest BCUT2D eigenvalue weighted by molar-refractivity contribution is 0.215. The van der Waals surface area contributed by atoms with Crippen molar-refractivity contribution in [3.05, 3.63) is 47.4 Å². The van der Waals surface area contributed by atoms with Crippen LogP contribution in [0.1, 0.15) is 30.2 Å². The molecule has 0 radical (unpaired) electrons. The van der Waals surface area contributed by atoms with Crippen LogP contribution >= 0.6 is 0 Å². The number of urea groups is 1. The van der Waals surface area contributed by atoms with Crippen molar-refractivity contribution in [1.29, 1.82) is 0 Å². The molecule has 7 nitrogen and oxygen atoms in total. The van der Waals surface area contributed by atoms with E-state index in [1.807, 2.05) is 6.92 Å². The number of carbonyl (C=O) groups is 1. The summed E-state index contributed by atoms with van der Waals surface area (Å²) in [5.41, 5.74) is 0.602. The number of aryl methyl sites for hydroxylation is 1. The van der Waals surface area contributed by atoms with Crippen molar-refractivity contribution in [2.75, 3.05) is 6.61 Å². The molecular formula is C14H17FN4O3. The Morgan fingerprint density at radius 3 is 2.73 bits per heavy atom. The maximum atomic E-state index is 12.9. The van der Waals surface area contributed by atoms with Gasteiger partial charge in [-0.2, -0.15) is 4.98 Å². The largest absolute Gasteiger partial charge is 0.394 e. The molecule has 1 aromatic heterocycles. The molecule has 0 bridgehead atoms. The van der Waals surface area contributed by atoms with Gasteiger partial charge in [0.1, 0.15) is 5.82 Å². The molecule has 0 saturated heterocycles. The molecule has 8 heteroatoms. The van der Waals surface area contributed by atoms with E-state index in [9.17, 15) is 14.3 Å². The molecule has 2 amide bonds. The Morgan fingerprint density at radius 2 is 2.14 bits per heavy atom. The summed E-state index contributed by atoms with van der Waals surface area (Å²) in [5.74, 6) is 0.485. The van der Waals surface area contributed by atoms with Gasteiger partial charge in [0.15, 0.2) is 5.82 Å². The van der Waals surface area contributed by atoms with Gasteiger partial charge in [0.25, 0.3) is 0 Å². The summed E-state index contributed by atoms with van der Waals surface area (Å²) in [7, 11) is 0. The highest BCUT2D eigenvalue weighted by Crippen LogP contribution is 2.12. The molecule has 22 heavy (non-hydrogen) atoms. The van der Waals surface area contributed by atoms with E-state index in [1.165, 1.54) is 24.3 Å². The van der Waals surface area contributed by atoms with Crippen molar-refractivity contribution in [3.8, 4) is 0 Å². The van der Waals surface area contributed by atoms with Gasteiger partial charge in [-0.3, -0.25) is 0 Å². The molecule has 0 fully saturated rings. The molecule has 1 aromatic carbocycles. The first-order valence-corrected chi connectivity index (χ1v) is 6.84. The van der Waals surface area contributed by atoms with Crippen LogP contribution in [-0.2, 0) is 13.0 Å². The number of aliphatic hydroxyl groups is 1. The number of nitrogens with zero attached hydrogens (tertiary/aromatic N) is 2. The van der Waals surface area contributed by atoms with E-state index in [-0.39, 0.29) is 19.0 Å². The summed E-state index contributed by atoms with van der Waals surface area (Å²) in [4.78, 5) is 15.9. The topological polar surface area (TPSA) is 100 Å². The standard InChI is InChI=1S/C14H17FN4O3/c1-2-12-18-13(22-19-12)7-16-14(21)17-11(8-20)9-3-5-10(15)6-4-9/h3-6,11,20H,2,7-8H2,1H3,(H2,16,17,21)/t11-/m1/s1. The number of nitrogens with one attached hydrogen (secondary N) is 2. The lowest BCUT2D eigenvalue weighted by Gasteiger charge is -2.16. The Balaban J connectivity index is 1.87. The van der Waals surface area contributed by atoms with Crippen LogP contribution in [0.2, 0.25) is 0 Å². The first-order chi connectivity index (χ1) is 10.6. The summed E-state index contributed by atoms with van der Waals surface area (Å²) in [6.07, 6.45) is 0.646. The number of benzene rings is 1. The monoisotopic (exact) mass is 308 g/mol. The van der Waals surface area contributed by atoms with Gasteiger partial charge in [-0.15, -0.1) is 0 Å². The summed E-state index contributed by atoms with van der Waals surface area (Å²) < 4.78 is 17.8. The maximum absolute atomic E-state index is 12.9. The van der Waals surface area contributed by atoms with Crippen LogP contribution in [0.15, 0.2) is 28.8 Å². The first kappa shape index (κ1) is 15.9. The average Bonchev–Trinajstić information content (AvgIpc) is 2.99. The zero-order valence-electron chi connectivity index (χ0n) is 12.0. The van der Waals surface area contributed by atoms with E-state index in [0.29, 0.717) is 23.7 Å². The lowest BCUT2D eigenvalue weighted by Crippen LogP contribution is -2.38. The summed E-state index contributed by atoms with van der Waals surface area (Å²) in [6, 6.07) is 4.41. The van der Waals surface area contributed by atoms with Gasteiger partial charge in [-0.25, -0.2) is 9.18 Å². The molecule has 0 unspecified atom stereocenters. The highest BCUT2D eigenvalue weighted by Gasteiger charge is 2.14. The molecule has 0 aliphatic heterocycles. The number of amides is 2. The van der Waals surface area contributed by atoms with Crippen molar-refractivity contribution in [2.24, 2.45) is 0 Å². The Morgan fingerprint density at radius 1 is 1.41 bits per heavy atom. The van der Waals surface area contributed by atoms with Crippen LogP contribution < -0.4 is 10.6 Å². The number of carbonyl (C=O) groups excluding carboxylic acids is 1. The normalized spacial score (nSPS) is 12.0. The molecule has 2 rings (SSSR count). The number of aromatic nitrogens is 2. The van der Waals surface area contributed by atoms with Gasteiger partial charge >= 0.3 is 6.03 Å². The fraction of sp³-hybridized carbons (Fsp3) is 0.357. The van der Waals surface area contributed by atoms with Gasteiger partial charge in [0, 0.05) is 6.42 Å². The van der Waals surface area contributed by atoms with Crippen LogP contribution in [-0.4, -0.2) is 27.9 Å². The summed E-state index contributed by atoms with van der Waals surface area (Å²) in [6.45, 7) is 1.67. The highest BCUT2D eigenvalue weighted by molar-refractivity contribution is 5.74. The molecule has 118 valence electrons. The molecule has 0 aliphatic carbocycles. The Bertz CT molecular complexity index is 615. The second kappa shape index (κ2) is 7.51. The van der Waals surface area contributed by atoms with Gasteiger partial charge in [0.05, 0.1) is 19.2 Å². The minimum absolute atomic E-state index is 0.0837. The number of aliphatic hydroxyl groups excluding tert-OH is 1. The molecule has 0 saturated carbocycles. The molecule has 3 N–H and O–H groups in total. The molecule has 1 heterocycles. The van der Waals surface area contributed by atoms with E-state index >= 15 is 0 Å². The minimum atomic E-state index is -0.630. The predicted octanol–water partition coefficient (Wildman–Crippen LogP) is 1.30. The van der Waals surface area contributed by atoms with Gasteiger partial charge < -0.3 is 20.3 Å². The number of hydrogen-bond donors (Lipinski definition) is 3. The van der Waals surface area contributed by atoms with E-state index in [1.54, 1.807) is 0 Å². The molecule has 0 aliphatic rings. The third-order valence-electron chi connectivity index (χ3n) is 2.99. The number of halogens is 1. The van der Waals surface area contributed by atoms with Crippen molar-refractivity contribution in [1.82, 2.24) is 20.8 Å². The highest BCUT2D eigenvalue weighted by atomic mass is 19.1. The van der Waals surface area contributed by atoms with Crippen LogP contribution in [0.3, 0.4) is 0 Å². The molecule has 2 aromatic rings. The Labute approximate surface area is 126 Å².